The van der Waals surface area contributed by atoms with E-state index in [4.69, 9.17) is 11.0 Å². The zero-order valence-electron chi connectivity index (χ0n) is 10.1. The summed E-state index contributed by atoms with van der Waals surface area (Å²) in [6, 6.07) is 5.83. The van der Waals surface area contributed by atoms with E-state index in [-0.39, 0.29) is 5.41 Å². The van der Waals surface area contributed by atoms with Crippen molar-refractivity contribution in [2.75, 3.05) is 25.0 Å². The Morgan fingerprint density at radius 1 is 1.56 bits per heavy atom. The number of hydrogen-bond acceptors (Lipinski definition) is 4. The molecule has 0 radical (unpaired) electrons. The number of nitriles is 1. The molecule has 0 aliphatic heterocycles. The first kappa shape index (κ1) is 12.5. The number of hydrogen-bond donors (Lipinski definition) is 1. The normalized spacial score (nSPS) is 10.9. The quantitative estimate of drug-likeness (QED) is 0.829. The van der Waals surface area contributed by atoms with Crippen molar-refractivity contribution < 1.29 is 0 Å². The molecule has 0 aliphatic rings. The minimum atomic E-state index is 0.0251. The average Bonchev–Trinajstić information content (AvgIpc) is 2.28. The van der Waals surface area contributed by atoms with Gasteiger partial charge in [-0.05, 0) is 24.1 Å². The van der Waals surface area contributed by atoms with Crippen molar-refractivity contribution >= 4 is 5.69 Å². The maximum absolute atomic E-state index is 8.96. The fraction of sp³-hybridized carbons (Fsp3) is 0.500. The van der Waals surface area contributed by atoms with Gasteiger partial charge in [-0.2, -0.15) is 5.26 Å². The van der Waals surface area contributed by atoms with Crippen molar-refractivity contribution in [3.05, 3.63) is 24.0 Å². The van der Waals surface area contributed by atoms with E-state index in [1.54, 1.807) is 6.20 Å². The Hall–Kier alpha value is -1.60. The van der Waals surface area contributed by atoms with Gasteiger partial charge in [-0.1, -0.05) is 13.8 Å². The highest BCUT2D eigenvalue weighted by Gasteiger charge is 2.19. The van der Waals surface area contributed by atoms with Crippen LogP contribution in [0.4, 0.5) is 5.69 Å². The lowest BCUT2D eigenvalue weighted by atomic mass is 9.93. The van der Waals surface area contributed by atoms with Crippen LogP contribution in [-0.2, 0) is 0 Å². The summed E-state index contributed by atoms with van der Waals surface area (Å²) in [5.41, 5.74) is 7.03. The zero-order chi connectivity index (χ0) is 12.2. The summed E-state index contributed by atoms with van der Waals surface area (Å²) in [5, 5.41) is 8.96. The molecular formula is C12H18N4. The van der Waals surface area contributed by atoms with Crippen LogP contribution in [0.1, 0.15) is 19.5 Å². The van der Waals surface area contributed by atoms with E-state index in [1.807, 2.05) is 24.1 Å². The van der Waals surface area contributed by atoms with Crippen molar-refractivity contribution in [3.63, 3.8) is 0 Å². The lowest BCUT2D eigenvalue weighted by Gasteiger charge is -2.30. The second-order valence-electron chi connectivity index (χ2n) is 4.71. The van der Waals surface area contributed by atoms with Crippen LogP contribution in [0.5, 0.6) is 0 Å². The van der Waals surface area contributed by atoms with Gasteiger partial charge in [0, 0.05) is 19.8 Å². The predicted molar refractivity (Wildman–Crippen MR) is 65.1 cm³/mol. The Morgan fingerprint density at radius 3 is 2.81 bits per heavy atom. The number of pyridine rings is 1. The topological polar surface area (TPSA) is 65.9 Å². The molecule has 0 saturated carbocycles. The van der Waals surface area contributed by atoms with Gasteiger partial charge in [-0.3, -0.25) is 0 Å². The molecular weight excluding hydrogens is 200 g/mol. The molecule has 0 spiro atoms. The first-order valence-electron chi connectivity index (χ1n) is 5.26. The van der Waals surface area contributed by atoms with Crippen LogP contribution in [0.25, 0.3) is 0 Å². The SMILES string of the molecule is CN(CC(C)(C)CN)c1cccnc1C#N. The fourth-order valence-corrected chi connectivity index (χ4v) is 1.58. The lowest BCUT2D eigenvalue weighted by molar-refractivity contribution is 0.385. The summed E-state index contributed by atoms with van der Waals surface area (Å²) in [5.74, 6) is 0. The summed E-state index contributed by atoms with van der Waals surface area (Å²) < 4.78 is 0. The molecule has 86 valence electrons. The molecule has 1 heterocycles. The number of nitrogens with two attached hydrogens (primary N) is 1. The van der Waals surface area contributed by atoms with Crippen LogP contribution in [-0.4, -0.2) is 25.1 Å². The maximum atomic E-state index is 8.96. The zero-order valence-corrected chi connectivity index (χ0v) is 10.1. The molecule has 0 unspecified atom stereocenters. The van der Waals surface area contributed by atoms with E-state index < -0.39 is 0 Å². The van der Waals surface area contributed by atoms with Crippen molar-refractivity contribution in [3.8, 4) is 6.07 Å². The molecule has 0 bridgehead atoms. The molecule has 16 heavy (non-hydrogen) atoms. The van der Waals surface area contributed by atoms with Gasteiger partial charge in [-0.25, -0.2) is 4.98 Å². The van der Waals surface area contributed by atoms with Gasteiger partial charge in [0.15, 0.2) is 5.69 Å². The monoisotopic (exact) mass is 218 g/mol. The molecule has 2 N–H and O–H groups in total. The highest BCUT2D eigenvalue weighted by Crippen LogP contribution is 2.21. The standard InChI is InChI=1S/C12H18N4/c1-12(2,8-14)9-16(3)11-5-4-6-15-10(11)7-13/h4-6H,8-9,14H2,1-3H3. The van der Waals surface area contributed by atoms with E-state index in [0.717, 1.165) is 12.2 Å². The third kappa shape index (κ3) is 2.94. The molecule has 0 aromatic carbocycles. The van der Waals surface area contributed by atoms with Crippen molar-refractivity contribution in [2.24, 2.45) is 11.1 Å². The molecule has 4 nitrogen and oxygen atoms in total. The van der Waals surface area contributed by atoms with Gasteiger partial charge in [0.25, 0.3) is 0 Å². The second kappa shape index (κ2) is 4.95. The summed E-state index contributed by atoms with van der Waals surface area (Å²) in [7, 11) is 1.95. The Kier molecular flexibility index (Phi) is 3.86. The molecule has 1 aromatic rings. The average molecular weight is 218 g/mol. The summed E-state index contributed by atoms with van der Waals surface area (Å²) in [6.45, 7) is 5.61. The van der Waals surface area contributed by atoms with Crippen LogP contribution in [0, 0.1) is 16.7 Å². The Labute approximate surface area is 96.7 Å². The summed E-state index contributed by atoms with van der Waals surface area (Å²) >= 11 is 0. The molecule has 0 fully saturated rings. The summed E-state index contributed by atoms with van der Waals surface area (Å²) in [4.78, 5) is 6.07. The third-order valence-corrected chi connectivity index (χ3v) is 2.52. The predicted octanol–water partition coefficient (Wildman–Crippen LogP) is 1.37. The van der Waals surface area contributed by atoms with Crippen LogP contribution < -0.4 is 10.6 Å². The molecule has 0 atom stereocenters. The molecule has 0 aliphatic carbocycles. The maximum Gasteiger partial charge on any atom is 0.163 e. The number of nitrogens with zero attached hydrogens (tertiary/aromatic N) is 3. The van der Waals surface area contributed by atoms with Gasteiger partial charge in [-0.15, -0.1) is 0 Å². The van der Waals surface area contributed by atoms with E-state index in [1.165, 1.54) is 0 Å². The molecule has 0 saturated heterocycles. The Morgan fingerprint density at radius 2 is 2.25 bits per heavy atom. The third-order valence-electron chi connectivity index (χ3n) is 2.52. The van der Waals surface area contributed by atoms with Gasteiger partial charge in [0.2, 0.25) is 0 Å². The van der Waals surface area contributed by atoms with Crippen molar-refractivity contribution in [2.45, 2.75) is 13.8 Å². The van der Waals surface area contributed by atoms with E-state index in [2.05, 4.69) is 24.9 Å². The molecule has 0 amide bonds. The minimum absolute atomic E-state index is 0.0251. The number of anilines is 1. The number of aromatic nitrogens is 1. The Balaban J connectivity index is 2.89. The van der Waals surface area contributed by atoms with Gasteiger partial charge >= 0.3 is 0 Å². The van der Waals surface area contributed by atoms with Gasteiger partial charge in [0.1, 0.15) is 6.07 Å². The molecule has 1 aromatic heterocycles. The fourth-order valence-electron chi connectivity index (χ4n) is 1.58. The highest BCUT2D eigenvalue weighted by molar-refractivity contribution is 5.55. The first-order valence-corrected chi connectivity index (χ1v) is 5.26. The van der Waals surface area contributed by atoms with Gasteiger partial charge in [0.05, 0.1) is 5.69 Å². The van der Waals surface area contributed by atoms with E-state index in [9.17, 15) is 0 Å². The van der Waals surface area contributed by atoms with E-state index >= 15 is 0 Å². The van der Waals surface area contributed by atoms with Crippen LogP contribution in [0.3, 0.4) is 0 Å². The molecule has 4 heteroatoms. The van der Waals surface area contributed by atoms with Crippen molar-refractivity contribution in [1.82, 2.24) is 4.98 Å². The second-order valence-corrected chi connectivity index (χ2v) is 4.71. The Bertz CT molecular complexity index is 392. The highest BCUT2D eigenvalue weighted by atomic mass is 15.1. The summed E-state index contributed by atoms with van der Waals surface area (Å²) in [6.07, 6.45) is 1.63. The van der Waals surface area contributed by atoms with E-state index in [0.29, 0.717) is 12.2 Å². The first-order chi connectivity index (χ1) is 7.50. The van der Waals surface area contributed by atoms with Crippen LogP contribution in [0.15, 0.2) is 18.3 Å². The minimum Gasteiger partial charge on any atom is -0.372 e. The largest absolute Gasteiger partial charge is 0.372 e. The van der Waals surface area contributed by atoms with Crippen LogP contribution in [0.2, 0.25) is 0 Å². The number of rotatable bonds is 4. The molecule has 1 rings (SSSR count). The smallest absolute Gasteiger partial charge is 0.163 e. The van der Waals surface area contributed by atoms with Crippen LogP contribution >= 0.6 is 0 Å². The van der Waals surface area contributed by atoms with Gasteiger partial charge < -0.3 is 10.6 Å². The van der Waals surface area contributed by atoms with Crippen molar-refractivity contribution in [1.29, 1.82) is 5.26 Å². The lowest BCUT2D eigenvalue weighted by Crippen LogP contribution is -2.37.